The minimum atomic E-state index is -0.313. The Balaban J connectivity index is 2.42. The average molecular weight is 305 g/mol. The fourth-order valence-electron chi connectivity index (χ4n) is 1.46. The van der Waals surface area contributed by atoms with Crippen LogP contribution in [0.2, 0.25) is 10.0 Å². The first-order valence-electron chi connectivity index (χ1n) is 5.98. The van der Waals surface area contributed by atoms with Crippen molar-refractivity contribution in [1.29, 1.82) is 0 Å². The van der Waals surface area contributed by atoms with Crippen molar-refractivity contribution in [2.75, 3.05) is 20.3 Å². The molecule has 4 nitrogen and oxygen atoms in total. The van der Waals surface area contributed by atoms with E-state index in [1.165, 1.54) is 0 Å². The Morgan fingerprint density at radius 2 is 2.16 bits per heavy atom. The van der Waals surface area contributed by atoms with Crippen molar-refractivity contribution < 1.29 is 9.53 Å². The largest absolute Gasteiger partial charge is 0.383 e. The molecule has 0 aliphatic heterocycles. The van der Waals surface area contributed by atoms with Gasteiger partial charge in [-0.3, -0.25) is 4.79 Å². The van der Waals surface area contributed by atoms with E-state index in [9.17, 15) is 4.79 Å². The molecule has 1 unspecified atom stereocenters. The molecule has 0 fully saturated rings. The molecule has 0 aromatic heterocycles. The first kappa shape index (κ1) is 16.2. The highest BCUT2D eigenvalue weighted by atomic mass is 35.5. The molecule has 0 aliphatic rings. The smallest absolute Gasteiger partial charge is 0.236 e. The number of carbonyl (C=O) groups excluding carboxylic acids is 1. The SMILES string of the molecule is COCCNC(=O)C(C)NCc1cc(Cl)ccc1Cl. The third kappa shape index (κ3) is 5.78. The van der Waals surface area contributed by atoms with Gasteiger partial charge in [0.05, 0.1) is 12.6 Å². The molecule has 19 heavy (non-hydrogen) atoms. The molecule has 0 aliphatic carbocycles. The highest BCUT2D eigenvalue weighted by Crippen LogP contribution is 2.20. The molecule has 0 spiro atoms. The summed E-state index contributed by atoms with van der Waals surface area (Å²) in [4.78, 5) is 11.7. The van der Waals surface area contributed by atoms with Gasteiger partial charge in [0.1, 0.15) is 0 Å². The Morgan fingerprint density at radius 3 is 2.84 bits per heavy atom. The molecular formula is C13H18Cl2N2O2. The van der Waals surface area contributed by atoms with Gasteiger partial charge in [0.25, 0.3) is 0 Å². The van der Waals surface area contributed by atoms with Crippen molar-refractivity contribution in [2.45, 2.75) is 19.5 Å². The summed E-state index contributed by atoms with van der Waals surface area (Å²) in [5.41, 5.74) is 0.866. The monoisotopic (exact) mass is 304 g/mol. The summed E-state index contributed by atoms with van der Waals surface area (Å²) in [6, 6.07) is 4.94. The van der Waals surface area contributed by atoms with Gasteiger partial charge in [-0.2, -0.15) is 0 Å². The van der Waals surface area contributed by atoms with Crippen LogP contribution in [-0.4, -0.2) is 32.2 Å². The van der Waals surface area contributed by atoms with E-state index in [-0.39, 0.29) is 11.9 Å². The maximum Gasteiger partial charge on any atom is 0.236 e. The first-order chi connectivity index (χ1) is 9.04. The van der Waals surface area contributed by atoms with E-state index in [2.05, 4.69) is 10.6 Å². The molecule has 1 atom stereocenters. The van der Waals surface area contributed by atoms with E-state index in [0.29, 0.717) is 29.7 Å². The Bertz CT molecular complexity index is 427. The van der Waals surface area contributed by atoms with Crippen LogP contribution in [0, 0.1) is 0 Å². The Labute approximate surface area is 123 Å². The van der Waals surface area contributed by atoms with Gasteiger partial charge < -0.3 is 15.4 Å². The van der Waals surface area contributed by atoms with Crippen LogP contribution in [0.15, 0.2) is 18.2 Å². The lowest BCUT2D eigenvalue weighted by molar-refractivity contribution is -0.122. The summed E-state index contributed by atoms with van der Waals surface area (Å²) in [5, 5.41) is 7.11. The second kappa shape index (κ2) is 8.38. The standard InChI is InChI=1S/C13H18Cl2N2O2/c1-9(13(18)16-5-6-19-2)17-8-10-7-11(14)3-4-12(10)15/h3-4,7,9,17H,5-6,8H2,1-2H3,(H,16,18). The minimum absolute atomic E-state index is 0.0739. The Hall–Kier alpha value is -0.810. The maximum absolute atomic E-state index is 11.7. The van der Waals surface area contributed by atoms with Crippen LogP contribution >= 0.6 is 23.2 Å². The highest BCUT2D eigenvalue weighted by Gasteiger charge is 2.12. The zero-order valence-corrected chi connectivity index (χ0v) is 12.5. The fourth-order valence-corrected chi connectivity index (χ4v) is 1.84. The van der Waals surface area contributed by atoms with Gasteiger partial charge in [-0.25, -0.2) is 0 Å². The van der Waals surface area contributed by atoms with Crippen LogP contribution < -0.4 is 10.6 Å². The average Bonchev–Trinajstić information content (AvgIpc) is 2.39. The third-order valence-corrected chi connectivity index (χ3v) is 3.21. The molecule has 106 valence electrons. The van der Waals surface area contributed by atoms with Gasteiger partial charge in [0, 0.05) is 30.2 Å². The summed E-state index contributed by atoms with van der Waals surface area (Å²) in [6.45, 7) is 3.27. The molecule has 0 bridgehead atoms. The first-order valence-corrected chi connectivity index (χ1v) is 6.74. The van der Waals surface area contributed by atoms with Crippen molar-refractivity contribution in [3.05, 3.63) is 33.8 Å². The molecule has 1 rings (SSSR count). The number of benzene rings is 1. The normalized spacial score (nSPS) is 12.2. The molecule has 1 aromatic carbocycles. The molecule has 0 radical (unpaired) electrons. The van der Waals surface area contributed by atoms with Gasteiger partial charge in [-0.05, 0) is 30.7 Å². The van der Waals surface area contributed by atoms with Crippen LogP contribution in [0.5, 0.6) is 0 Å². The summed E-state index contributed by atoms with van der Waals surface area (Å²) in [7, 11) is 1.59. The van der Waals surface area contributed by atoms with Crippen molar-refractivity contribution in [1.82, 2.24) is 10.6 Å². The van der Waals surface area contributed by atoms with Gasteiger partial charge in [0.2, 0.25) is 5.91 Å². The number of ether oxygens (including phenoxy) is 1. The van der Waals surface area contributed by atoms with Crippen molar-refractivity contribution in [3.63, 3.8) is 0 Å². The van der Waals surface area contributed by atoms with Crippen LogP contribution in [-0.2, 0) is 16.1 Å². The van der Waals surface area contributed by atoms with Crippen LogP contribution in [0.4, 0.5) is 0 Å². The van der Waals surface area contributed by atoms with E-state index >= 15 is 0 Å². The van der Waals surface area contributed by atoms with Crippen LogP contribution in [0.25, 0.3) is 0 Å². The summed E-state index contributed by atoms with van der Waals surface area (Å²) >= 11 is 11.9. The molecule has 2 N–H and O–H groups in total. The third-order valence-electron chi connectivity index (χ3n) is 2.61. The van der Waals surface area contributed by atoms with Crippen LogP contribution in [0.3, 0.4) is 0 Å². The molecular weight excluding hydrogens is 287 g/mol. The van der Waals surface area contributed by atoms with E-state index in [1.807, 2.05) is 0 Å². The lowest BCUT2D eigenvalue weighted by Gasteiger charge is -2.14. The summed E-state index contributed by atoms with van der Waals surface area (Å²) in [5.74, 6) is -0.0739. The fraction of sp³-hybridized carbons (Fsp3) is 0.462. The molecule has 1 amide bonds. The predicted molar refractivity (Wildman–Crippen MR) is 77.6 cm³/mol. The summed E-state index contributed by atoms with van der Waals surface area (Å²) in [6.07, 6.45) is 0. The van der Waals surface area contributed by atoms with E-state index in [4.69, 9.17) is 27.9 Å². The number of methoxy groups -OCH3 is 1. The lowest BCUT2D eigenvalue weighted by Crippen LogP contribution is -2.42. The van der Waals surface area contributed by atoms with Gasteiger partial charge in [-0.15, -0.1) is 0 Å². The van der Waals surface area contributed by atoms with Crippen molar-refractivity contribution in [2.24, 2.45) is 0 Å². The number of halogens is 2. The number of rotatable bonds is 7. The van der Waals surface area contributed by atoms with Crippen molar-refractivity contribution >= 4 is 29.1 Å². The predicted octanol–water partition coefficient (Wildman–Crippen LogP) is 2.23. The molecule has 0 heterocycles. The molecule has 0 saturated heterocycles. The van der Waals surface area contributed by atoms with Crippen molar-refractivity contribution in [3.8, 4) is 0 Å². The number of hydrogen-bond acceptors (Lipinski definition) is 3. The second-order valence-electron chi connectivity index (χ2n) is 4.12. The van der Waals surface area contributed by atoms with E-state index < -0.39 is 0 Å². The van der Waals surface area contributed by atoms with Crippen LogP contribution in [0.1, 0.15) is 12.5 Å². The molecule has 0 saturated carbocycles. The maximum atomic E-state index is 11.7. The zero-order valence-electron chi connectivity index (χ0n) is 11.0. The minimum Gasteiger partial charge on any atom is -0.383 e. The number of nitrogens with one attached hydrogen (secondary N) is 2. The van der Waals surface area contributed by atoms with E-state index in [0.717, 1.165) is 5.56 Å². The Kier molecular flexibility index (Phi) is 7.16. The van der Waals surface area contributed by atoms with E-state index in [1.54, 1.807) is 32.2 Å². The van der Waals surface area contributed by atoms with Gasteiger partial charge >= 0.3 is 0 Å². The molecule has 6 heteroatoms. The zero-order chi connectivity index (χ0) is 14.3. The van der Waals surface area contributed by atoms with Gasteiger partial charge in [0.15, 0.2) is 0 Å². The number of amides is 1. The highest BCUT2D eigenvalue weighted by molar-refractivity contribution is 6.33. The molecule has 1 aromatic rings. The topological polar surface area (TPSA) is 50.4 Å². The van der Waals surface area contributed by atoms with Gasteiger partial charge in [-0.1, -0.05) is 23.2 Å². The number of carbonyl (C=O) groups is 1. The lowest BCUT2D eigenvalue weighted by atomic mass is 10.2. The number of hydrogen-bond donors (Lipinski definition) is 2. The second-order valence-corrected chi connectivity index (χ2v) is 4.97. The Morgan fingerprint density at radius 1 is 1.42 bits per heavy atom. The summed E-state index contributed by atoms with van der Waals surface area (Å²) < 4.78 is 4.86. The quantitative estimate of drug-likeness (QED) is 0.760.